The van der Waals surface area contributed by atoms with Crippen molar-refractivity contribution in [1.82, 2.24) is 5.32 Å². The lowest BCUT2D eigenvalue weighted by molar-refractivity contribution is 0.748. The number of halogens is 2. The molecule has 13 heavy (non-hydrogen) atoms. The molecule has 0 unspecified atom stereocenters. The van der Waals surface area contributed by atoms with E-state index in [1.54, 1.807) is 11.3 Å². The van der Waals surface area contributed by atoms with E-state index in [-0.39, 0.29) is 0 Å². The first kappa shape index (κ1) is 11.2. The summed E-state index contributed by atoms with van der Waals surface area (Å²) < 4.78 is 1.84. The van der Waals surface area contributed by atoms with Crippen LogP contribution < -0.4 is 5.32 Å². The molecule has 1 rings (SSSR count). The minimum atomic E-state index is 0.819. The second kappa shape index (κ2) is 5.81. The number of thiophene rings is 1. The van der Waals surface area contributed by atoms with Crippen LogP contribution in [0.15, 0.2) is 23.2 Å². The van der Waals surface area contributed by atoms with E-state index in [9.17, 15) is 0 Å². The summed E-state index contributed by atoms with van der Waals surface area (Å²) in [5.74, 6) is 0. The van der Waals surface area contributed by atoms with E-state index in [4.69, 9.17) is 11.6 Å². The molecule has 1 N–H and O–H groups in total. The van der Waals surface area contributed by atoms with Crippen molar-refractivity contribution in [3.8, 4) is 0 Å². The molecule has 0 aromatic carbocycles. The maximum Gasteiger partial charge on any atom is 0.0931 e. The normalized spacial score (nSPS) is 10.3. The lowest BCUT2D eigenvalue weighted by atomic mass is 10.3. The molecule has 1 aromatic heterocycles. The Bertz CT molecular complexity index is 285. The molecule has 0 saturated heterocycles. The van der Waals surface area contributed by atoms with Crippen LogP contribution in [-0.2, 0) is 6.42 Å². The lowest BCUT2D eigenvalue weighted by Crippen LogP contribution is -2.17. The van der Waals surface area contributed by atoms with Gasteiger partial charge in [-0.3, -0.25) is 0 Å². The van der Waals surface area contributed by atoms with Crippen LogP contribution in [0.25, 0.3) is 0 Å². The van der Waals surface area contributed by atoms with E-state index in [1.807, 2.05) is 6.07 Å². The van der Waals surface area contributed by atoms with Crippen molar-refractivity contribution in [1.29, 1.82) is 0 Å². The van der Waals surface area contributed by atoms with Crippen molar-refractivity contribution in [2.75, 3.05) is 13.1 Å². The van der Waals surface area contributed by atoms with Crippen molar-refractivity contribution < 1.29 is 0 Å². The predicted octanol–water partition coefficient (Wildman–Crippen LogP) is 3.44. The Hall–Kier alpha value is 0.170. The second-order valence-electron chi connectivity index (χ2n) is 2.65. The molecule has 1 aromatic rings. The van der Waals surface area contributed by atoms with Gasteiger partial charge in [0, 0.05) is 22.4 Å². The van der Waals surface area contributed by atoms with Gasteiger partial charge in [0.2, 0.25) is 0 Å². The molecular formula is C9H11BrClNS. The summed E-state index contributed by atoms with van der Waals surface area (Å²) in [4.78, 5) is 1.32. The summed E-state index contributed by atoms with van der Waals surface area (Å²) in [6, 6.07) is 4.00. The molecular weight excluding hydrogens is 270 g/mol. The number of nitrogens with one attached hydrogen (secondary N) is 1. The van der Waals surface area contributed by atoms with Crippen LogP contribution in [0, 0.1) is 0 Å². The van der Waals surface area contributed by atoms with E-state index in [0.29, 0.717) is 0 Å². The average Bonchev–Trinajstić information content (AvgIpc) is 2.45. The standard InChI is InChI=1S/C9H11BrClNS/c1-7(10)6-12-5-4-8-2-3-9(11)13-8/h2-3,12H,1,4-6H2. The minimum Gasteiger partial charge on any atom is -0.312 e. The molecule has 0 atom stereocenters. The van der Waals surface area contributed by atoms with Crippen molar-refractivity contribution in [3.05, 3.63) is 32.4 Å². The molecule has 0 bridgehead atoms. The quantitative estimate of drug-likeness (QED) is 0.815. The fraction of sp³-hybridized carbons (Fsp3) is 0.333. The third-order valence-corrected chi connectivity index (χ3v) is 3.07. The summed E-state index contributed by atoms with van der Waals surface area (Å²) in [6.45, 7) is 5.52. The molecule has 0 fully saturated rings. The molecule has 0 aliphatic rings. The van der Waals surface area contributed by atoms with Gasteiger partial charge in [0.25, 0.3) is 0 Å². The van der Waals surface area contributed by atoms with Crippen LogP contribution in [0.1, 0.15) is 4.88 Å². The molecule has 4 heteroatoms. The van der Waals surface area contributed by atoms with Crippen LogP contribution in [0.3, 0.4) is 0 Å². The molecule has 0 aliphatic heterocycles. The topological polar surface area (TPSA) is 12.0 Å². The Morgan fingerprint density at radius 2 is 2.38 bits per heavy atom. The van der Waals surface area contributed by atoms with E-state index >= 15 is 0 Å². The van der Waals surface area contributed by atoms with Gasteiger partial charge in [-0.2, -0.15) is 0 Å². The Morgan fingerprint density at radius 1 is 1.62 bits per heavy atom. The second-order valence-corrected chi connectivity index (χ2v) is 5.57. The zero-order valence-electron chi connectivity index (χ0n) is 7.15. The average molecular weight is 281 g/mol. The van der Waals surface area contributed by atoms with Crippen LogP contribution >= 0.6 is 38.9 Å². The van der Waals surface area contributed by atoms with Crippen LogP contribution in [-0.4, -0.2) is 13.1 Å². The molecule has 0 spiro atoms. The Labute approximate surface area is 95.9 Å². The zero-order chi connectivity index (χ0) is 9.68. The van der Waals surface area contributed by atoms with E-state index in [2.05, 4.69) is 33.9 Å². The highest BCUT2D eigenvalue weighted by Crippen LogP contribution is 2.21. The van der Waals surface area contributed by atoms with Crippen molar-refractivity contribution >= 4 is 38.9 Å². The van der Waals surface area contributed by atoms with Gasteiger partial charge < -0.3 is 5.32 Å². The first-order chi connectivity index (χ1) is 6.18. The molecule has 0 aliphatic carbocycles. The lowest BCUT2D eigenvalue weighted by Gasteiger charge is -2.00. The Morgan fingerprint density at radius 3 is 2.92 bits per heavy atom. The Kier molecular flexibility index (Phi) is 5.02. The predicted molar refractivity (Wildman–Crippen MR) is 64.0 cm³/mol. The van der Waals surface area contributed by atoms with Gasteiger partial charge in [0.05, 0.1) is 4.34 Å². The SMILES string of the molecule is C=C(Br)CNCCc1ccc(Cl)s1. The van der Waals surface area contributed by atoms with Gasteiger partial charge in [0.1, 0.15) is 0 Å². The van der Waals surface area contributed by atoms with Crippen molar-refractivity contribution in [2.24, 2.45) is 0 Å². The van der Waals surface area contributed by atoms with Gasteiger partial charge >= 0.3 is 0 Å². The maximum atomic E-state index is 5.80. The first-order valence-electron chi connectivity index (χ1n) is 3.96. The smallest absolute Gasteiger partial charge is 0.0931 e. The fourth-order valence-electron chi connectivity index (χ4n) is 0.922. The largest absolute Gasteiger partial charge is 0.312 e. The number of rotatable bonds is 5. The molecule has 0 radical (unpaired) electrons. The minimum absolute atomic E-state index is 0.819. The highest BCUT2D eigenvalue weighted by molar-refractivity contribution is 9.11. The fourth-order valence-corrected chi connectivity index (χ4v) is 2.21. The Balaban J connectivity index is 2.16. The monoisotopic (exact) mass is 279 g/mol. The summed E-state index contributed by atoms with van der Waals surface area (Å²) in [7, 11) is 0. The van der Waals surface area contributed by atoms with Crippen molar-refractivity contribution in [2.45, 2.75) is 6.42 Å². The molecule has 72 valence electrons. The van der Waals surface area contributed by atoms with Crippen LogP contribution in [0.2, 0.25) is 4.34 Å². The molecule has 0 saturated carbocycles. The maximum absolute atomic E-state index is 5.80. The third-order valence-electron chi connectivity index (χ3n) is 1.49. The number of hydrogen-bond donors (Lipinski definition) is 1. The van der Waals surface area contributed by atoms with Crippen LogP contribution in [0.5, 0.6) is 0 Å². The highest BCUT2D eigenvalue weighted by Gasteiger charge is 1.97. The van der Waals surface area contributed by atoms with Crippen LogP contribution in [0.4, 0.5) is 0 Å². The number of hydrogen-bond acceptors (Lipinski definition) is 2. The van der Waals surface area contributed by atoms with E-state index in [0.717, 1.165) is 28.3 Å². The highest BCUT2D eigenvalue weighted by atomic mass is 79.9. The van der Waals surface area contributed by atoms with Gasteiger partial charge in [0.15, 0.2) is 0 Å². The van der Waals surface area contributed by atoms with Gasteiger partial charge in [-0.05, 0) is 18.6 Å². The third kappa shape index (κ3) is 4.81. The summed E-state index contributed by atoms with van der Waals surface area (Å²) in [6.07, 6.45) is 1.03. The van der Waals surface area contributed by atoms with E-state index in [1.165, 1.54) is 4.88 Å². The van der Waals surface area contributed by atoms with Gasteiger partial charge in [-0.1, -0.05) is 34.1 Å². The van der Waals surface area contributed by atoms with Gasteiger partial charge in [-0.25, -0.2) is 0 Å². The van der Waals surface area contributed by atoms with E-state index < -0.39 is 0 Å². The zero-order valence-corrected chi connectivity index (χ0v) is 10.3. The summed E-state index contributed by atoms with van der Waals surface area (Å²) >= 11 is 10.7. The van der Waals surface area contributed by atoms with Gasteiger partial charge in [-0.15, -0.1) is 11.3 Å². The molecule has 1 nitrogen and oxygen atoms in total. The summed E-state index contributed by atoms with van der Waals surface area (Å²) in [5.41, 5.74) is 0. The first-order valence-corrected chi connectivity index (χ1v) is 5.95. The van der Waals surface area contributed by atoms with Crippen molar-refractivity contribution in [3.63, 3.8) is 0 Å². The molecule has 1 heterocycles. The summed E-state index contributed by atoms with van der Waals surface area (Å²) in [5, 5.41) is 3.26. The molecule has 0 amide bonds.